The SMILES string of the molecule is O=[N+]([O-])c1cccc(Oc2ccnc(Oc3cccc([N+](=O)[O-])c3)n2)c1. The van der Waals surface area contributed by atoms with Crippen molar-refractivity contribution in [3.63, 3.8) is 0 Å². The van der Waals surface area contributed by atoms with Crippen LogP contribution in [-0.2, 0) is 0 Å². The maximum absolute atomic E-state index is 10.8. The number of nitrogens with zero attached hydrogens (tertiary/aromatic N) is 4. The van der Waals surface area contributed by atoms with Crippen LogP contribution in [0, 0.1) is 20.2 Å². The molecule has 1 heterocycles. The van der Waals surface area contributed by atoms with Gasteiger partial charge in [-0.05, 0) is 12.1 Å². The number of nitro groups is 2. The molecular weight excluding hydrogens is 344 g/mol. The number of aromatic nitrogens is 2. The van der Waals surface area contributed by atoms with Gasteiger partial charge in [-0.1, -0.05) is 12.1 Å². The van der Waals surface area contributed by atoms with Crippen LogP contribution in [0.15, 0.2) is 60.8 Å². The quantitative estimate of drug-likeness (QED) is 0.481. The average Bonchev–Trinajstić information content (AvgIpc) is 2.62. The molecule has 10 heteroatoms. The molecule has 26 heavy (non-hydrogen) atoms. The summed E-state index contributed by atoms with van der Waals surface area (Å²) in [6, 6.07) is 12.5. The fourth-order valence-electron chi connectivity index (χ4n) is 1.98. The Bertz CT molecular complexity index is 903. The van der Waals surface area contributed by atoms with E-state index in [1.165, 1.54) is 60.8 Å². The Morgan fingerprint density at radius 3 is 1.96 bits per heavy atom. The van der Waals surface area contributed by atoms with E-state index in [1.807, 2.05) is 0 Å². The topological polar surface area (TPSA) is 131 Å². The van der Waals surface area contributed by atoms with Crippen LogP contribution in [0.1, 0.15) is 0 Å². The molecule has 0 amide bonds. The predicted octanol–water partition coefficient (Wildman–Crippen LogP) is 3.88. The molecule has 0 atom stereocenters. The second kappa shape index (κ2) is 7.21. The molecule has 0 fully saturated rings. The Morgan fingerprint density at radius 2 is 1.38 bits per heavy atom. The fraction of sp³-hybridized carbons (Fsp3) is 0. The number of nitro benzene ring substituents is 2. The molecule has 0 aliphatic heterocycles. The first kappa shape index (κ1) is 16.8. The van der Waals surface area contributed by atoms with Crippen molar-refractivity contribution in [3.8, 4) is 23.4 Å². The smallest absolute Gasteiger partial charge is 0.325 e. The van der Waals surface area contributed by atoms with Crippen molar-refractivity contribution in [2.45, 2.75) is 0 Å². The second-order valence-electron chi connectivity index (χ2n) is 4.89. The molecule has 3 aromatic rings. The van der Waals surface area contributed by atoms with Gasteiger partial charge in [-0.3, -0.25) is 20.2 Å². The van der Waals surface area contributed by atoms with Crippen LogP contribution in [0.5, 0.6) is 23.4 Å². The Kier molecular flexibility index (Phi) is 4.65. The highest BCUT2D eigenvalue weighted by Gasteiger charge is 2.11. The summed E-state index contributed by atoms with van der Waals surface area (Å²) in [4.78, 5) is 28.4. The molecule has 1 aromatic heterocycles. The van der Waals surface area contributed by atoms with Gasteiger partial charge in [-0.25, -0.2) is 4.98 Å². The number of non-ortho nitro benzene ring substituents is 2. The highest BCUT2D eigenvalue weighted by molar-refractivity contribution is 5.40. The maximum Gasteiger partial charge on any atom is 0.325 e. The molecule has 0 saturated carbocycles. The highest BCUT2D eigenvalue weighted by atomic mass is 16.6. The van der Waals surface area contributed by atoms with Crippen molar-refractivity contribution >= 4 is 11.4 Å². The Hall–Kier alpha value is -4.08. The van der Waals surface area contributed by atoms with E-state index in [0.717, 1.165) is 0 Å². The third-order valence-electron chi connectivity index (χ3n) is 3.10. The summed E-state index contributed by atoms with van der Waals surface area (Å²) in [6.45, 7) is 0. The zero-order valence-corrected chi connectivity index (χ0v) is 13.0. The second-order valence-corrected chi connectivity index (χ2v) is 4.89. The Morgan fingerprint density at radius 1 is 0.808 bits per heavy atom. The molecule has 0 saturated heterocycles. The minimum Gasteiger partial charge on any atom is -0.439 e. The summed E-state index contributed by atoms with van der Waals surface area (Å²) in [6.07, 6.45) is 1.37. The van der Waals surface area contributed by atoms with Gasteiger partial charge in [0, 0.05) is 24.4 Å². The molecule has 130 valence electrons. The van der Waals surface area contributed by atoms with Gasteiger partial charge in [0.05, 0.1) is 22.0 Å². The van der Waals surface area contributed by atoms with E-state index in [1.54, 1.807) is 0 Å². The van der Waals surface area contributed by atoms with E-state index >= 15 is 0 Å². The number of ether oxygens (including phenoxy) is 2. The first-order chi connectivity index (χ1) is 12.5. The summed E-state index contributed by atoms with van der Waals surface area (Å²) in [5.74, 6) is 0.506. The van der Waals surface area contributed by atoms with Crippen molar-refractivity contribution in [1.29, 1.82) is 0 Å². The lowest BCUT2D eigenvalue weighted by atomic mass is 10.3. The Balaban J connectivity index is 1.78. The first-order valence-electron chi connectivity index (χ1n) is 7.19. The van der Waals surface area contributed by atoms with Crippen LogP contribution in [0.3, 0.4) is 0 Å². The first-order valence-corrected chi connectivity index (χ1v) is 7.19. The van der Waals surface area contributed by atoms with Gasteiger partial charge in [0.15, 0.2) is 0 Å². The molecule has 0 radical (unpaired) electrons. The van der Waals surface area contributed by atoms with Crippen LogP contribution >= 0.6 is 0 Å². The standard InChI is InChI=1S/C16H10N4O6/c21-19(22)11-3-1-5-13(9-11)25-15-7-8-17-16(18-15)26-14-6-2-4-12(10-14)20(23)24/h1-10H. The summed E-state index contributed by atoms with van der Waals surface area (Å²) in [7, 11) is 0. The third-order valence-corrected chi connectivity index (χ3v) is 3.10. The van der Waals surface area contributed by atoms with Gasteiger partial charge < -0.3 is 9.47 Å². The molecule has 0 aliphatic carbocycles. The molecule has 0 unspecified atom stereocenters. The van der Waals surface area contributed by atoms with Gasteiger partial charge in [0.2, 0.25) is 5.88 Å². The minimum absolute atomic E-state index is 0.0894. The molecule has 3 rings (SSSR count). The number of rotatable bonds is 6. The van der Waals surface area contributed by atoms with Gasteiger partial charge >= 0.3 is 6.01 Å². The van der Waals surface area contributed by atoms with Gasteiger partial charge in [0.1, 0.15) is 11.5 Å². The summed E-state index contributed by atoms with van der Waals surface area (Å²) >= 11 is 0. The monoisotopic (exact) mass is 354 g/mol. The van der Waals surface area contributed by atoms with Crippen molar-refractivity contribution in [1.82, 2.24) is 9.97 Å². The number of hydrogen-bond acceptors (Lipinski definition) is 8. The van der Waals surface area contributed by atoms with Gasteiger partial charge in [-0.2, -0.15) is 4.98 Å². The maximum atomic E-state index is 10.8. The van der Waals surface area contributed by atoms with Gasteiger partial charge in [0.25, 0.3) is 11.4 Å². The van der Waals surface area contributed by atoms with Crippen LogP contribution in [-0.4, -0.2) is 19.8 Å². The Labute approximate surface area is 146 Å². The van der Waals surface area contributed by atoms with E-state index in [-0.39, 0.29) is 34.8 Å². The van der Waals surface area contributed by atoms with Crippen LogP contribution in [0.2, 0.25) is 0 Å². The average molecular weight is 354 g/mol. The summed E-state index contributed by atoms with van der Waals surface area (Å²) in [5.41, 5.74) is -0.254. The van der Waals surface area contributed by atoms with Crippen molar-refractivity contribution in [2.24, 2.45) is 0 Å². The van der Waals surface area contributed by atoms with E-state index < -0.39 is 9.85 Å². The molecule has 0 aliphatic rings. The van der Waals surface area contributed by atoms with Crippen LogP contribution in [0.25, 0.3) is 0 Å². The van der Waals surface area contributed by atoms with Gasteiger partial charge in [-0.15, -0.1) is 0 Å². The normalized spacial score (nSPS) is 10.2. The van der Waals surface area contributed by atoms with E-state index in [9.17, 15) is 20.2 Å². The zero-order valence-electron chi connectivity index (χ0n) is 13.0. The summed E-state index contributed by atoms with van der Waals surface area (Å²) in [5, 5.41) is 21.6. The zero-order chi connectivity index (χ0) is 18.5. The van der Waals surface area contributed by atoms with Crippen molar-refractivity contribution < 1.29 is 19.3 Å². The van der Waals surface area contributed by atoms with Crippen LogP contribution < -0.4 is 9.47 Å². The molecule has 0 spiro atoms. The minimum atomic E-state index is -0.546. The van der Waals surface area contributed by atoms with E-state index in [0.29, 0.717) is 0 Å². The number of hydrogen-bond donors (Lipinski definition) is 0. The number of benzene rings is 2. The third kappa shape index (κ3) is 4.06. The fourth-order valence-corrected chi connectivity index (χ4v) is 1.98. The van der Waals surface area contributed by atoms with E-state index in [2.05, 4.69) is 9.97 Å². The van der Waals surface area contributed by atoms with E-state index in [4.69, 9.17) is 9.47 Å². The van der Waals surface area contributed by atoms with Crippen LogP contribution in [0.4, 0.5) is 11.4 Å². The molecule has 10 nitrogen and oxygen atoms in total. The molecular formula is C16H10N4O6. The highest BCUT2D eigenvalue weighted by Crippen LogP contribution is 2.26. The predicted molar refractivity (Wildman–Crippen MR) is 88.4 cm³/mol. The largest absolute Gasteiger partial charge is 0.439 e. The molecule has 2 aromatic carbocycles. The summed E-state index contributed by atoms with van der Waals surface area (Å²) < 4.78 is 10.9. The lowest BCUT2D eigenvalue weighted by molar-refractivity contribution is -0.385. The van der Waals surface area contributed by atoms with Crippen molar-refractivity contribution in [3.05, 3.63) is 81.0 Å². The lowest BCUT2D eigenvalue weighted by Crippen LogP contribution is -1.95. The lowest BCUT2D eigenvalue weighted by Gasteiger charge is -2.07. The van der Waals surface area contributed by atoms with Crippen molar-refractivity contribution in [2.75, 3.05) is 0 Å². The molecule has 0 bridgehead atoms. The molecule has 0 N–H and O–H groups in total.